The van der Waals surface area contributed by atoms with Crippen molar-refractivity contribution in [1.29, 1.82) is 0 Å². The number of rotatable bonds is 0. The summed E-state index contributed by atoms with van der Waals surface area (Å²) in [4.78, 5) is 0. The maximum Gasteiger partial charge on any atom is 0.417 e. The normalized spacial score (nSPS) is 13.8. The first-order valence-electron chi connectivity index (χ1n) is 6.51. The zero-order valence-electron chi connectivity index (χ0n) is 11.7. The van der Waals surface area contributed by atoms with Crippen molar-refractivity contribution in [2.75, 3.05) is 0 Å². The minimum absolute atomic E-state index is 0.137. The molecule has 0 N–H and O–H groups in total. The van der Waals surface area contributed by atoms with E-state index in [9.17, 15) is 39.5 Å². The van der Waals surface area contributed by atoms with Crippen LogP contribution in [0, 0.1) is 0 Å². The van der Waals surface area contributed by atoms with Crippen molar-refractivity contribution in [2.45, 2.75) is 18.5 Å². The average molecular weight is 388 g/mol. The van der Waals surface area contributed by atoms with Crippen LogP contribution in [0.1, 0.15) is 16.7 Å². The Bertz CT molecular complexity index is 957. The Morgan fingerprint density at radius 1 is 0.640 bits per heavy atom. The average Bonchev–Trinajstić information content (AvgIpc) is 2.80. The lowest BCUT2D eigenvalue weighted by atomic mass is 9.94. The number of hydrogen-bond donors (Lipinski definition) is 0. The lowest BCUT2D eigenvalue weighted by Gasteiger charge is -2.21. The van der Waals surface area contributed by atoms with Crippen molar-refractivity contribution >= 4 is 31.5 Å². The van der Waals surface area contributed by atoms with Gasteiger partial charge in [0.1, 0.15) is 0 Å². The van der Waals surface area contributed by atoms with Gasteiger partial charge in [0.15, 0.2) is 0 Å². The molecule has 25 heavy (non-hydrogen) atoms. The van der Waals surface area contributed by atoms with Crippen LogP contribution in [0.2, 0.25) is 0 Å². The molecule has 0 saturated heterocycles. The maximum absolute atomic E-state index is 13.4. The Morgan fingerprint density at radius 2 is 1.20 bits per heavy atom. The van der Waals surface area contributed by atoms with Gasteiger partial charge < -0.3 is 0 Å². The van der Waals surface area contributed by atoms with E-state index in [-0.39, 0.29) is 16.2 Å². The lowest BCUT2D eigenvalue weighted by Crippen LogP contribution is -2.23. The van der Waals surface area contributed by atoms with E-state index in [4.69, 9.17) is 0 Å². The van der Waals surface area contributed by atoms with Crippen molar-refractivity contribution < 1.29 is 39.5 Å². The van der Waals surface area contributed by atoms with Gasteiger partial charge in [0.25, 0.3) is 0 Å². The highest BCUT2D eigenvalue weighted by atomic mass is 32.1. The summed E-state index contributed by atoms with van der Waals surface area (Å²) in [6.45, 7) is 0. The molecular weight excluding hydrogens is 383 g/mol. The monoisotopic (exact) mass is 388 g/mol. The third-order valence-corrected chi connectivity index (χ3v) is 4.66. The molecule has 0 saturated carbocycles. The maximum atomic E-state index is 13.4. The van der Waals surface area contributed by atoms with Crippen molar-refractivity contribution in [2.24, 2.45) is 0 Å². The second-order valence-corrected chi connectivity index (χ2v) is 6.22. The molecule has 1 heterocycles. The fourth-order valence-electron chi connectivity index (χ4n) is 2.69. The predicted molar refractivity (Wildman–Crippen MR) is 74.3 cm³/mol. The van der Waals surface area contributed by atoms with E-state index < -0.39 is 45.3 Å². The Labute approximate surface area is 137 Å². The first-order chi connectivity index (χ1) is 11.3. The quantitative estimate of drug-likeness (QED) is 0.360. The molecule has 10 heteroatoms. The minimum atomic E-state index is -5.83. The summed E-state index contributed by atoms with van der Waals surface area (Å²) in [5.41, 5.74) is -7.35. The van der Waals surface area contributed by atoms with Crippen LogP contribution in [-0.4, -0.2) is 0 Å². The molecule has 0 bridgehead atoms. The van der Waals surface area contributed by atoms with E-state index in [1.807, 2.05) is 0 Å². The zero-order valence-corrected chi connectivity index (χ0v) is 12.5. The number of fused-ring (bicyclic) bond motifs is 3. The first kappa shape index (κ1) is 17.8. The van der Waals surface area contributed by atoms with E-state index in [2.05, 4.69) is 0 Å². The highest BCUT2D eigenvalue weighted by molar-refractivity contribution is 7.25. The molecule has 3 aromatic rings. The Balaban J connectivity index is 2.65. The van der Waals surface area contributed by atoms with Crippen LogP contribution < -0.4 is 0 Å². The molecule has 0 atom stereocenters. The van der Waals surface area contributed by atoms with Gasteiger partial charge in [-0.05, 0) is 12.1 Å². The van der Waals surface area contributed by atoms with Crippen molar-refractivity contribution in [3.8, 4) is 0 Å². The molecule has 0 amide bonds. The van der Waals surface area contributed by atoms with Crippen LogP contribution in [0.3, 0.4) is 0 Å². The SMILES string of the molecule is FC(F)(F)c1cc2sc3ccccc3c2c(C(F)(F)F)c1C(F)(F)F. The molecular formula is C15H5F9S. The minimum Gasteiger partial charge on any atom is -0.166 e. The van der Waals surface area contributed by atoms with Gasteiger partial charge in [-0.1, -0.05) is 18.2 Å². The van der Waals surface area contributed by atoms with E-state index in [0.29, 0.717) is 11.3 Å². The molecule has 0 nitrogen and oxygen atoms in total. The fourth-order valence-corrected chi connectivity index (χ4v) is 3.84. The summed E-state index contributed by atoms with van der Waals surface area (Å²) >= 11 is 0.574. The van der Waals surface area contributed by atoms with Crippen molar-refractivity contribution in [1.82, 2.24) is 0 Å². The van der Waals surface area contributed by atoms with Gasteiger partial charge in [0.05, 0.1) is 16.7 Å². The fraction of sp³-hybridized carbons (Fsp3) is 0.200. The summed E-state index contributed by atoms with van der Waals surface area (Å²) < 4.78 is 119. The van der Waals surface area contributed by atoms with Crippen LogP contribution in [0.15, 0.2) is 30.3 Å². The Hall–Kier alpha value is -1.97. The standard InChI is InChI=1S/C15H5F9S/c16-13(17,18)7-5-9-10(6-3-1-2-4-8(6)25-9)12(15(22,23)24)11(7)14(19,20)21/h1-5H. The number of hydrogen-bond acceptors (Lipinski definition) is 1. The predicted octanol–water partition coefficient (Wildman–Crippen LogP) is 7.11. The summed E-state index contributed by atoms with van der Waals surface area (Å²) in [5, 5.41) is -1.04. The topological polar surface area (TPSA) is 0 Å². The highest BCUT2D eigenvalue weighted by Gasteiger charge is 2.51. The third kappa shape index (κ3) is 2.92. The molecule has 0 spiro atoms. The number of benzene rings is 2. The zero-order chi connectivity index (χ0) is 18.8. The van der Waals surface area contributed by atoms with Crippen LogP contribution in [-0.2, 0) is 18.5 Å². The van der Waals surface area contributed by atoms with E-state index in [1.54, 1.807) is 0 Å². The van der Waals surface area contributed by atoms with Crippen molar-refractivity contribution in [3.05, 3.63) is 47.0 Å². The number of alkyl halides is 9. The van der Waals surface area contributed by atoms with Crippen molar-refractivity contribution in [3.63, 3.8) is 0 Å². The van der Waals surface area contributed by atoms with Crippen LogP contribution >= 0.6 is 11.3 Å². The first-order valence-corrected chi connectivity index (χ1v) is 7.33. The highest BCUT2D eigenvalue weighted by Crippen LogP contribution is 2.52. The van der Waals surface area contributed by atoms with Gasteiger partial charge in [0.2, 0.25) is 0 Å². The molecule has 1 aromatic heterocycles. The molecule has 3 rings (SSSR count). The number of thiophene rings is 1. The molecule has 0 unspecified atom stereocenters. The lowest BCUT2D eigenvalue weighted by molar-refractivity contribution is -0.173. The van der Waals surface area contributed by atoms with Gasteiger partial charge in [-0.2, -0.15) is 39.5 Å². The van der Waals surface area contributed by atoms with E-state index in [1.165, 1.54) is 18.2 Å². The second kappa shape index (κ2) is 5.26. The molecule has 0 fully saturated rings. The van der Waals surface area contributed by atoms with Gasteiger partial charge in [-0.3, -0.25) is 0 Å². The van der Waals surface area contributed by atoms with Gasteiger partial charge in [0, 0.05) is 20.2 Å². The third-order valence-electron chi connectivity index (χ3n) is 3.54. The Kier molecular flexibility index (Phi) is 3.76. The van der Waals surface area contributed by atoms with Gasteiger partial charge >= 0.3 is 18.5 Å². The molecule has 2 aromatic carbocycles. The molecule has 0 radical (unpaired) electrons. The molecule has 0 aliphatic carbocycles. The molecule has 0 aliphatic heterocycles. The van der Waals surface area contributed by atoms with Gasteiger partial charge in [-0.15, -0.1) is 11.3 Å². The number of halogens is 9. The largest absolute Gasteiger partial charge is 0.417 e. The van der Waals surface area contributed by atoms with Crippen LogP contribution in [0.4, 0.5) is 39.5 Å². The summed E-state index contributed by atoms with van der Waals surface area (Å²) in [7, 11) is 0. The second-order valence-electron chi connectivity index (χ2n) is 5.14. The van der Waals surface area contributed by atoms with Gasteiger partial charge in [-0.25, -0.2) is 0 Å². The van der Waals surface area contributed by atoms with Crippen LogP contribution in [0.25, 0.3) is 20.2 Å². The van der Waals surface area contributed by atoms with Crippen LogP contribution in [0.5, 0.6) is 0 Å². The smallest absolute Gasteiger partial charge is 0.166 e. The summed E-state index contributed by atoms with van der Waals surface area (Å²) in [6.07, 6.45) is -17.0. The Morgan fingerprint density at radius 3 is 1.72 bits per heavy atom. The molecule has 0 aliphatic rings. The van der Waals surface area contributed by atoms with E-state index in [0.717, 1.165) is 6.07 Å². The summed E-state index contributed by atoms with van der Waals surface area (Å²) in [5.74, 6) is 0. The van der Waals surface area contributed by atoms with E-state index >= 15 is 0 Å². The summed E-state index contributed by atoms with van der Waals surface area (Å²) in [6, 6.07) is 5.36. The molecule has 134 valence electrons.